The summed E-state index contributed by atoms with van der Waals surface area (Å²) in [5.41, 5.74) is 4.68. The second-order valence-electron chi connectivity index (χ2n) is 12.8. The number of fused-ring (bicyclic) bond motifs is 9. The van der Waals surface area contributed by atoms with E-state index in [1.165, 1.54) is 0 Å². The van der Waals surface area contributed by atoms with Gasteiger partial charge in [0.05, 0.1) is 12.3 Å². The van der Waals surface area contributed by atoms with E-state index in [1.807, 2.05) is 48.5 Å². The summed E-state index contributed by atoms with van der Waals surface area (Å²) in [6, 6.07) is 39.6. The lowest BCUT2D eigenvalue weighted by Gasteiger charge is -2.20. The molecule has 0 saturated carbocycles. The summed E-state index contributed by atoms with van der Waals surface area (Å²) < 4.78 is 86.6. The summed E-state index contributed by atoms with van der Waals surface area (Å²) in [5.74, 6) is 0. The zero-order valence-corrected chi connectivity index (χ0v) is 27.0. The number of furan rings is 1. The molecule has 0 aliphatic heterocycles. The van der Waals surface area contributed by atoms with Gasteiger partial charge in [0, 0.05) is 16.2 Å². The normalized spacial score (nSPS) is 14.4. The molecule has 1 heterocycles. The van der Waals surface area contributed by atoms with Crippen molar-refractivity contribution < 1.29 is 16.8 Å². The molecule has 0 saturated heterocycles. The Morgan fingerprint density at radius 3 is 1.67 bits per heavy atom. The van der Waals surface area contributed by atoms with Gasteiger partial charge in [-0.2, -0.15) is 0 Å². The van der Waals surface area contributed by atoms with E-state index in [9.17, 15) is 2.74 Å². The van der Waals surface area contributed by atoms with Gasteiger partial charge >= 0.3 is 0 Å². The molecular formula is C50H30O. The Bertz CT molecular complexity index is 3650. The van der Waals surface area contributed by atoms with Crippen LogP contribution in [0, 0.1) is 0 Å². The first-order chi connectivity index (χ1) is 29.1. The van der Waals surface area contributed by atoms with Gasteiger partial charge in [0.25, 0.3) is 0 Å². The van der Waals surface area contributed by atoms with Gasteiger partial charge < -0.3 is 4.42 Å². The summed E-state index contributed by atoms with van der Waals surface area (Å²) >= 11 is 0. The molecule has 0 aliphatic rings. The lowest BCUT2D eigenvalue weighted by atomic mass is 9.82. The van der Waals surface area contributed by atoms with Crippen LogP contribution in [0.4, 0.5) is 0 Å². The van der Waals surface area contributed by atoms with Crippen molar-refractivity contribution in [3.63, 3.8) is 0 Å². The highest BCUT2D eigenvalue weighted by Crippen LogP contribution is 2.49. The highest BCUT2D eigenvalue weighted by atomic mass is 16.3. The van der Waals surface area contributed by atoms with Crippen molar-refractivity contribution in [1.82, 2.24) is 0 Å². The predicted molar refractivity (Wildman–Crippen MR) is 218 cm³/mol. The Kier molecular flexibility index (Phi) is 4.43. The summed E-state index contributed by atoms with van der Waals surface area (Å²) in [6.45, 7) is 0. The Labute approximate surface area is 307 Å². The molecule has 11 aromatic rings. The van der Waals surface area contributed by atoms with Gasteiger partial charge in [-0.3, -0.25) is 0 Å². The van der Waals surface area contributed by atoms with Crippen molar-refractivity contribution in [2.45, 2.75) is 0 Å². The maximum atomic E-state index is 9.52. The Morgan fingerprint density at radius 2 is 0.922 bits per heavy atom. The highest BCUT2D eigenvalue weighted by Gasteiger charge is 2.22. The van der Waals surface area contributed by atoms with Crippen LogP contribution in [0.3, 0.4) is 0 Å². The van der Waals surface area contributed by atoms with Crippen LogP contribution in [0.1, 0.15) is 12.3 Å². The minimum atomic E-state index is -0.534. The molecule has 0 atom stereocenters. The first-order valence-corrected chi connectivity index (χ1v) is 16.9. The molecule has 10 aromatic carbocycles. The van der Waals surface area contributed by atoms with E-state index in [0.717, 1.165) is 65.3 Å². The molecule has 0 radical (unpaired) electrons. The van der Waals surface area contributed by atoms with E-state index in [1.54, 1.807) is 0 Å². The highest BCUT2D eigenvalue weighted by molar-refractivity contribution is 6.27. The van der Waals surface area contributed by atoms with Crippen LogP contribution < -0.4 is 0 Å². The molecule has 1 heteroatoms. The molecule has 0 N–H and O–H groups in total. The molecule has 51 heavy (non-hydrogen) atoms. The smallest absolute Gasteiger partial charge is 0.143 e. The third-order valence-electron chi connectivity index (χ3n) is 10.2. The Hall–Kier alpha value is -6.70. The quantitative estimate of drug-likeness (QED) is 0.173. The molecule has 236 valence electrons. The molecule has 11 rings (SSSR count). The Morgan fingerprint density at radius 1 is 0.333 bits per heavy atom. The van der Waals surface area contributed by atoms with Gasteiger partial charge in [-0.05, 0) is 93.9 Å². The van der Waals surface area contributed by atoms with Gasteiger partial charge in [0.2, 0.25) is 0 Å². The molecule has 0 fully saturated rings. The van der Waals surface area contributed by atoms with Crippen molar-refractivity contribution in [1.29, 1.82) is 0 Å². The van der Waals surface area contributed by atoms with Crippen LogP contribution >= 0.6 is 0 Å². The minimum absolute atomic E-state index is 0.0503. The zero-order chi connectivity index (χ0) is 41.3. The van der Waals surface area contributed by atoms with Crippen LogP contribution in [0.2, 0.25) is 0 Å². The predicted octanol–water partition coefficient (Wildman–Crippen LogP) is 14.4. The number of benzene rings is 10. The maximum absolute atomic E-state index is 9.52. The summed E-state index contributed by atoms with van der Waals surface area (Å²) in [6.07, 6.45) is 0. The van der Waals surface area contributed by atoms with E-state index in [0.29, 0.717) is 5.56 Å². The lowest BCUT2D eigenvalue weighted by molar-refractivity contribution is 0.673. The molecule has 0 spiro atoms. The van der Waals surface area contributed by atoms with Crippen LogP contribution in [-0.4, -0.2) is 0 Å². The molecule has 0 bridgehead atoms. The summed E-state index contributed by atoms with van der Waals surface area (Å²) in [5, 5.41) is 8.04. The Balaban J connectivity index is 1.31. The van der Waals surface area contributed by atoms with E-state index in [-0.39, 0.29) is 50.4 Å². The van der Waals surface area contributed by atoms with Crippen LogP contribution in [-0.2, 0) is 0 Å². The van der Waals surface area contributed by atoms with Crippen molar-refractivity contribution in [3.8, 4) is 33.4 Å². The van der Waals surface area contributed by atoms with Crippen molar-refractivity contribution in [3.05, 3.63) is 182 Å². The first kappa shape index (κ1) is 20.7. The van der Waals surface area contributed by atoms with Crippen LogP contribution in [0.15, 0.2) is 186 Å². The van der Waals surface area contributed by atoms with Crippen molar-refractivity contribution in [2.75, 3.05) is 0 Å². The lowest BCUT2D eigenvalue weighted by Crippen LogP contribution is -1.93. The third kappa shape index (κ3) is 4.09. The van der Waals surface area contributed by atoms with E-state index >= 15 is 0 Å². The molecule has 1 aromatic heterocycles. The van der Waals surface area contributed by atoms with Crippen molar-refractivity contribution in [2.24, 2.45) is 0 Å². The van der Waals surface area contributed by atoms with Gasteiger partial charge in [-0.1, -0.05) is 170 Å². The molecule has 0 unspecified atom stereocenters. The molecule has 1 nitrogen and oxygen atoms in total. The van der Waals surface area contributed by atoms with Gasteiger partial charge in [0.1, 0.15) is 11.2 Å². The first-order valence-electron chi connectivity index (χ1n) is 21.4. The zero-order valence-electron chi connectivity index (χ0n) is 36.0. The van der Waals surface area contributed by atoms with Gasteiger partial charge in [-0.25, -0.2) is 0 Å². The van der Waals surface area contributed by atoms with E-state index in [2.05, 4.69) is 78.9 Å². The molecule has 0 amide bonds. The average molecular weight is 656 g/mol. The monoisotopic (exact) mass is 655 g/mol. The molecule has 0 aliphatic carbocycles. The fourth-order valence-corrected chi connectivity index (χ4v) is 8.08. The van der Waals surface area contributed by atoms with Gasteiger partial charge in [0.15, 0.2) is 0 Å². The number of rotatable bonds is 3. The van der Waals surface area contributed by atoms with Crippen molar-refractivity contribution >= 4 is 75.8 Å². The van der Waals surface area contributed by atoms with E-state index < -0.39 is 42.3 Å². The van der Waals surface area contributed by atoms with E-state index in [4.69, 9.17) is 14.0 Å². The molecular weight excluding hydrogens is 617 g/mol. The maximum Gasteiger partial charge on any atom is 0.143 e. The number of hydrogen-bond donors (Lipinski definition) is 0. The second-order valence-corrected chi connectivity index (χ2v) is 12.8. The van der Waals surface area contributed by atoms with Gasteiger partial charge in [-0.15, -0.1) is 0 Å². The summed E-state index contributed by atoms with van der Waals surface area (Å²) in [7, 11) is 0. The second kappa shape index (κ2) is 10.9. The number of hydrogen-bond acceptors (Lipinski definition) is 1. The minimum Gasteiger partial charge on any atom is -0.455 e. The topological polar surface area (TPSA) is 13.1 Å². The standard InChI is InChI=1S/C50H30O/c1-3-18-34-31(13-1)15-9-24-36(34)47-38-20-5-7-22-40(38)48(41-23-8-6-21-39(41)47)43-27-11-17-33-16-10-25-37(46(33)43)42-26-12-28-45-49(42)44-30-29-32-14-2-4-19-35(32)50(44)51-45/h1-30H/i2D,4D,12D,14D,19D,26D,28D,29D,30D. The largest absolute Gasteiger partial charge is 0.455 e. The van der Waals surface area contributed by atoms with Crippen LogP contribution in [0.5, 0.6) is 0 Å². The third-order valence-corrected chi connectivity index (χ3v) is 10.2. The van der Waals surface area contributed by atoms with Crippen LogP contribution in [0.25, 0.3) is 109 Å². The fraction of sp³-hybridized carbons (Fsp3) is 0. The summed E-state index contributed by atoms with van der Waals surface area (Å²) in [4.78, 5) is 0. The fourth-order valence-electron chi connectivity index (χ4n) is 8.08. The average Bonchev–Trinajstić information content (AvgIpc) is 3.67. The SMILES string of the molecule is [2H]c1c([2H])c(-c2cccc3cccc(-c4c5ccccc5c(-c5cccc6ccccc56)c5ccccc45)c23)c2c(oc3c4c([2H])c([2H])c([2H])c([2H])c4c([2H])c([2H])c32)c1[2H].